The van der Waals surface area contributed by atoms with Crippen molar-refractivity contribution in [1.29, 1.82) is 0 Å². The molecule has 1 aromatic rings. The summed E-state index contributed by atoms with van der Waals surface area (Å²) in [4.78, 5) is 13.3. The number of carbonyl (C=O) groups is 1. The molecule has 0 bridgehead atoms. The van der Waals surface area contributed by atoms with Crippen molar-refractivity contribution in [2.24, 2.45) is 5.73 Å². The minimum Gasteiger partial charge on any atom is -0.351 e. The number of thiophene rings is 1. The second kappa shape index (κ2) is 3.03. The molecule has 1 aliphatic carbocycles. The topological polar surface area (TPSA) is 55.1 Å². The van der Waals surface area contributed by atoms with Crippen molar-refractivity contribution >= 4 is 23.1 Å². The molecule has 0 aliphatic heterocycles. The SMILES string of the molecule is Cc1sc2c(c1NC(N)=O)CCC2. The van der Waals surface area contributed by atoms with Crippen LogP contribution in [0.2, 0.25) is 0 Å². The predicted octanol–water partition coefficient (Wildman–Crippen LogP) is 2.04. The molecule has 2 amide bonds. The first-order valence-electron chi connectivity index (χ1n) is 4.36. The lowest BCUT2D eigenvalue weighted by molar-refractivity contribution is 0.259. The molecule has 0 aromatic carbocycles. The first-order chi connectivity index (χ1) is 6.18. The Labute approximate surface area is 80.9 Å². The fraction of sp³-hybridized carbons (Fsp3) is 0.444. The van der Waals surface area contributed by atoms with Crippen LogP contribution in [0.3, 0.4) is 0 Å². The minimum atomic E-state index is -0.462. The van der Waals surface area contributed by atoms with Crippen LogP contribution in [0.25, 0.3) is 0 Å². The first kappa shape index (κ1) is 8.56. The molecule has 1 heterocycles. The number of nitrogens with one attached hydrogen (secondary N) is 1. The molecule has 1 aromatic heterocycles. The van der Waals surface area contributed by atoms with E-state index >= 15 is 0 Å². The third kappa shape index (κ3) is 1.42. The van der Waals surface area contributed by atoms with Crippen LogP contribution >= 0.6 is 11.3 Å². The monoisotopic (exact) mass is 196 g/mol. The summed E-state index contributed by atoms with van der Waals surface area (Å²) in [5.74, 6) is 0. The van der Waals surface area contributed by atoms with Crippen LogP contribution in [0, 0.1) is 6.92 Å². The van der Waals surface area contributed by atoms with Crippen molar-refractivity contribution in [3.05, 3.63) is 15.3 Å². The summed E-state index contributed by atoms with van der Waals surface area (Å²) >= 11 is 1.78. The highest BCUT2D eigenvalue weighted by molar-refractivity contribution is 7.12. The van der Waals surface area contributed by atoms with E-state index < -0.39 is 6.03 Å². The molecule has 70 valence electrons. The maximum Gasteiger partial charge on any atom is 0.316 e. The number of primary amides is 1. The van der Waals surface area contributed by atoms with Gasteiger partial charge in [0.25, 0.3) is 0 Å². The highest BCUT2D eigenvalue weighted by Crippen LogP contribution is 2.38. The lowest BCUT2D eigenvalue weighted by atomic mass is 10.2. The number of anilines is 1. The summed E-state index contributed by atoms with van der Waals surface area (Å²) in [5.41, 5.74) is 7.37. The van der Waals surface area contributed by atoms with Gasteiger partial charge in [-0.3, -0.25) is 0 Å². The van der Waals surface area contributed by atoms with Gasteiger partial charge in [0.15, 0.2) is 0 Å². The maximum atomic E-state index is 10.7. The number of hydrogen-bond acceptors (Lipinski definition) is 2. The molecule has 3 nitrogen and oxygen atoms in total. The number of carbonyl (C=O) groups excluding carboxylic acids is 1. The van der Waals surface area contributed by atoms with Crippen molar-refractivity contribution in [2.45, 2.75) is 26.2 Å². The molecule has 4 heteroatoms. The zero-order valence-electron chi connectivity index (χ0n) is 7.52. The Hall–Kier alpha value is -1.03. The molecule has 0 saturated heterocycles. The minimum absolute atomic E-state index is 0.462. The van der Waals surface area contributed by atoms with E-state index in [1.54, 1.807) is 11.3 Å². The van der Waals surface area contributed by atoms with Crippen LogP contribution in [0.4, 0.5) is 10.5 Å². The van der Waals surface area contributed by atoms with Gasteiger partial charge in [0, 0.05) is 9.75 Å². The van der Waals surface area contributed by atoms with Gasteiger partial charge in [-0.2, -0.15) is 0 Å². The Balaban J connectivity index is 2.38. The summed E-state index contributed by atoms with van der Waals surface area (Å²) in [6.07, 6.45) is 3.44. The Bertz CT molecular complexity index is 357. The third-order valence-corrected chi connectivity index (χ3v) is 3.55. The number of nitrogens with two attached hydrogens (primary N) is 1. The Morgan fingerprint density at radius 1 is 1.54 bits per heavy atom. The standard InChI is InChI=1S/C9H12N2OS/c1-5-8(11-9(10)12)6-3-2-4-7(6)13-5/h2-4H2,1H3,(H3,10,11,12). The molecule has 0 unspecified atom stereocenters. The third-order valence-electron chi connectivity index (χ3n) is 2.35. The maximum absolute atomic E-state index is 10.7. The summed E-state index contributed by atoms with van der Waals surface area (Å²) in [6, 6.07) is -0.462. The van der Waals surface area contributed by atoms with Crippen LogP contribution in [0.1, 0.15) is 21.7 Å². The molecule has 3 N–H and O–H groups in total. The Kier molecular flexibility index (Phi) is 2.00. The van der Waals surface area contributed by atoms with Crippen LogP contribution in [0.15, 0.2) is 0 Å². The molecular formula is C9H12N2OS. The van der Waals surface area contributed by atoms with Gasteiger partial charge >= 0.3 is 6.03 Å². The van der Waals surface area contributed by atoms with Crippen LogP contribution < -0.4 is 11.1 Å². The molecule has 13 heavy (non-hydrogen) atoms. The number of fused-ring (bicyclic) bond motifs is 1. The highest BCUT2D eigenvalue weighted by atomic mass is 32.1. The fourth-order valence-electron chi connectivity index (χ4n) is 1.83. The molecule has 0 radical (unpaired) electrons. The van der Waals surface area contributed by atoms with Crippen LogP contribution in [-0.4, -0.2) is 6.03 Å². The van der Waals surface area contributed by atoms with E-state index in [4.69, 9.17) is 5.73 Å². The average Bonchev–Trinajstić information content (AvgIpc) is 2.55. The molecular weight excluding hydrogens is 184 g/mol. The molecule has 0 atom stereocenters. The summed E-state index contributed by atoms with van der Waals surface area (Å²) in [7, 11) is 0. The summed E-state index contributed by atoms with van der Waals surface area (Å²) in [5, 5.41) is 2.70. The average molecular weight is 196 g/mol. The second-order valence-electron chi connectivity index (χ2n) is 3.28. The van der Waals surface area contributed by atoms with Gasteiger partial charge < -0.3 is 11.1 Å². The first-order valence-corrected chi connectivity index (χ1v) is 5.17. The van der Waals surface area contributed by atoms with Gasteiger partial charge in [0.05, 0.1) is 5.69 Å². The molecule has 0 fully saturated rings. The predicted molar refractivity (Wildman–Crippen MR) is 54.3 cm³/mol. The smallest absolute Gasteiger partial charge is 0.316 e. The van der Waals surface area contributed by atoms with Gasteiger partial charge in [-0.15, -0.1) is 11.3 Å². The molecule has 0 saturated carbocycles. The number of urea groups is 1. The van der Waals surface area contributed by atoms with Gasteiger partial charge in [-0.05, 0) is 31.7 Å². The van der Waals surface area contributed by atoms with Crippen LogP contribution in [0.5, 0.6) is 0 Å². The molecule has 1 aliphatic rings. The van der Waals surface area contributed by atoms with Crippen molar-refractivity contribution in [2.75, 3.05) is 5.32 Å². The van der Waals surface area contributed by atoms with Gasteiger partial charge in [-0.1, -0.05) is 0 Å². The van der Waals surface area contributed by atoms with E-state index in [1.165, 1.54) is 21.7 Å². The van der Waals surface area contributed by atoms with E-state index in [1.807, 2.05) is 6.92 Å². The van der Waals surface area contributed by atoms with E-state index in [0.29, 0.717) is 0 Å². The van der Waals surface area contributed by atoms with Crippen LogP contribution in [-0.2, 0) is 12.8 Å². The van der Waals surface area contributed by atoms with Crippen molar-refractivity contribution in [1.82, 2.24) is 0 Å². The van der Waals surface area contributed by atoms with E-state index in [-0.39, 0.29) is 0 Å². The second-order valence-corrected chi connectivity index (χ2v) is 4.59. The summed E-state index contributed by atoms with van der Waals surface area (Å²) < 4.78 is 0. The lowest BCUT2D eigenvalue weighted by Gasteiger charge is -2.02. The number of rotatable bonds is 1. The number of amides is 2. The zero-order chi connectivity index (χ0) is 9.42. The van der Waals surface area contributed by atoms with E-state index in [9.17, 15) is 4.79 Å². The Morgan fingerprint density at radius 3 is 3.00 bits per heavy atom. The molecule has 0 spiro atoms. The van der Waals surface area contributed by atoms with Crippen molar-refractivity contribution in [3.63, 3.8) is 0 Å². The van der Waals surface area contributed by atoms with Gasteiger partial charge in [0.1, 0.15) is 0 Å². The largest absolute Gasteiger partial charge is 0.351 e. The van der Waals surface area contributed by atoms with Gasteiger partial charge in [0.2, 0.25) is 0 Å². The highest BCUT2D eigenvalue weighted by Gasteiger charge is 2.20. The van der Waals surface area contributed by atoms with E-state index in [0.717, 1.165) is 18.5 Å². The fourth-order valence-corrected chi connectivity index (χ4v) is 3.05. The van der Waals surface area contributed by atoms with Crippen molar-refractivity contribution in [3.8, 4) is 0 Å². The zero-order valence-corrected chi connectivity index (χ0v) is 8.33. The van der Waals surface area contributed by atoms with E-state index in [2.05, 4.69) is 5.32 Å². The summed E-state index contributed by atoms with van der Waals surface area (Å²) in [6.45, 7) is 2.02. The molecule has 2 rings (SSSR count). The Morgan fingerprint density at radius 2 is 2.31 bits per heavy atom. The van der Waals surface area contributed by atoms with Crippen molar-refractivity contribution < 1.29 is 4.79 Å². The number of aryl methyl sites for hydroxylation is 2. The van der Waals surface area contributed by atoms with Gasteiger partial charge in [-0.25, -0.2) is 4.79 Å². The quantitative estimate of drug-likeness (QED) is 0.709. The normalized spacial score (nSPS) is 14.2. The lowest BCUT2D eigenvalue weighted by Crippen LogP contribution is -2.20. The number of hydrogen-bond donors (Lipinski definition) is 2.